The van der Waals surface area contributed by atoms with Gasteiger partial charge in [0.25, 0.3) is 0 Å². The number of aromatic nitrogens is 3. The molecule has 2 aromatic heterocycles. The minimum Gasteiger partial charge on any atom is -0.497 e. The molecule has 0 amide bonds. The maximum Gasteiger partial charge on any atom is 0.227 e. The molecular weight excluding hydrogens is 625 g/mol. The van der Waals surface area contributed by atoms with Crippen molar-refractivity contribution in [2.75, 3.05) is 30.6 Å². The number of ketones is 2. The molecule has 3 fully saturated rings. The monoisotopic (exact) mass is 666 g/mol. The van der Waals surface area contributed by atoms with E-state index in [1.165, 1.54) is 17.7 Å². The summed E-state index contributed by atoms with van der Waals surface area (Å²) in [6.07, 6.45) is 10.7. The van der Waals surface area contributed by atoms with Gasteiger partial charge >= 0.3 is 0 Å². The highest BCUT2D eigenvalue weighted by Crippen LogP contribution is 2.43. The SMILES string of the molecule is COc1ccc(CN(c2nncn2C2CCc3sc(CC(=O)C4CC4)c(C(=O)CCC4CC4)c3C2)C2CCS(=O)(=O)C2)c(OC)c1. The molecule has 0 bridgehead atoms. The predicted octanol–water partition coefficient (Wildman–Crippen LogP) is 5.18. The summed E-state index contributed by atoms with van der Waals surface area (Å²) in [7, 11) is 0.0462. The molecule has 3 heterocycles. The molecule has 2 unspecified atom stereocenters. The summed E-state index contributed by atoms with van der Waals surface area (Å²) in [5.74, 6) is 3.41. The van der Waals surface area contributed by atoms with Crippen molar-refractivity contribution in [2.45, 2.75) is 89.3 Å². The lowest BCUT2D eigenvalue weighted by Crippen LogP contribution is -2.38. The summed E-state index contributed by atoms with van der Waals surface area (Å²) in [6.45, 7) is 0.390. The van der Waals surface area contributed by atoms with Crippen LogP contribution < -0.4 is 14.4 Å². The first-order chi connectivity index (χ1) is 22.2. The molecule has 1 saturated heterocycles. The number of fused-ring (bicyclic) bond motifs is 1. The molecule has 1 aliphatic heterocycles. The number of sulfone groups is 1. The van der Waals surface area contributed by atoms with Gasteiger partial charge in [-0.3, -0.25) is 14.2 Å². The van der Waals surface area contributed by atoms with Crippen LogP contribution in [0.4, 0.5) is 5.95 Å². The summed E-state index contributed by atoms with van der Waals surface area (Å²) < 4.78 is 38.5. The van der Waals surface area contributed by atoms with Crippen LogP contribution >= 0.6 is 11.3 Å². The van der Waals surface area contributed by atoms with Crippen molar-refractivity contribution >= 4 is 38.7 Å². The van der Waals surface area contributed by atoms with Crippen molar-refractivity contribution in [3.05, 3.63) is 51.0 Å². The zero-order valence-electron chi connectivity index (χ0n) is 26.6. The van der Waals surface area contributed by atoms with Gasteiger partial charge < -0.3 is 14.4 Å². The number of hydrogen-bond donors (Lipinski definition) is 0. The average Bonchev–Trinajstić information content (AvgIpc) is 3.96. The van der Waals surface area contributed by atoms with Gasteiger partial charge in [-0.15, -0.1) is 21.5 Å². The van der Waals surface area contributed by atoms with E-state index < -0.39 is 9.84 Å². The number of carbonyl (C=O) groups excluding carboxylic acids is 2. The van der Waals surface area contributed by atoms with Gasteiger partial charge in [-0.2, -0.15) is 0 Å². The Morgan fingerprint density at radius 1 is 1.09 bits per heavy atom. The van der Waals surface area contributed by atoms with Crippen molar-refractivity contribution in [1.29, 1.82) is 0 Å². The number of thiophene rings is 1. The van der Waals surface area contributed by atoms with Gasteiger partial charge in [-0.05, 0) is 68.6 Å². The van der Waals surface area contributed by atoms with E-state index in [4.69, 9.17) is 9.47 Å². The van der Waals surface area contributed by atoms with Gasteiger partial charge in [0.1, 0.15) is 23.6 Å². The quantitative estimate of drug-likeness (QED) is 0.215. The first kappa shape index (κ1) is 31.4. The Bertz CT molecular complexity index is 1740. The van der Waals surface area contributed by atoms with Gasteiger partial charge in [0.15, 0.2) is 15.6 Å². The minimum absolute atomic E-state index is 0.00709. The number of hydrogen-bond acceptors (Lipinski definition) is 10. The zero-order chi connectivity index (χ0) is 32.0. The third kappa shape index (κ3) is 6.60. The van der Waals surface area contributed by atoms with Gasteiger partial charge in [0.2, 0.25) is 5.95 Å². The third-order valence-corrected chi connectivity index (χ3v) is 13.2. The van der Waals surface area contributed by atoms with E-state index in [1.54, 1.807) is 31.9 Å². The molecule has 246 valence electrons. The smallest absolute Gasteiger partial charge is 0.227 e. The van der Waals surface area contributed by atoms with Gasteiger partial charge in [0.05, 0.1) is 25.7 Å². The molecule has 1 aromatic carbocycles. The standard InChI is InChI=1S/C34H42N4O6S2/c1-43-26-10-8-23(30(16-26)44-2)18-37(25-13-14-46(41,42)19-25)34-36-35-20-38(34)24-9-12-31-27(15-24)33(28(39)11-5-21-3-4-21)32(45-31)17-29(40)22-6-7-22/h8,10,16,20-22,24-25H,3-7,9,11-15,17-19H2,1-2H3. The fourth-order valence-corrected chi connectivity index (χ4v) is 10.2. The van der Waals surface area contributed by atoms with E-state index in [0.29, 0.717) is 55.6 Å². The van der Waals surface area contributed by atoms with Crippen LogP contribution in [0.2, 0.25) is 0 Å². The molecule has 46 heavy (non-hydrogen) atoms. The van der Waals surface area contributed by atoms with Crippen LogP contribution in [0.25, 0.3) is 0 Å². The molecule has 0 spiro atoms. The number of rotatable bonds is 14. The maximum atomic E-state index is 13.8. The normalized spacial score (nSPS) is 22.0. The second-order valence-corrected chi connectivity index (χ2v) is 16.8. The second-order valence-electron chi connectivity index (χ2n) is 13.4. The Morgan fingerprint density at radius 2 is 1.91 bits per heavy atom. The first-order valence-corrected chi connectivity index (χ1v) is 19.1. The molecule has 3 aromatic rings. The Kier molecular flexibility index (Phi) is 8.69. The van der Waals surface area contributed by atoms with Crippen LogP contribution in [0.15, 0.2) is 24.5 Å². The van der Waals surface area contributed by atoms with E-state index >= 15 is 0 Å². The number of Topliss-reactive ketones (excluding diaryl/α,β-unsaturated/α-hetero) is 2. The number of methoxy groups -OCH3 is 2. The summed E-state index contributed by atoms with van der Waals surface area (Å²) >= 11 is 1.67. The minimum atomic E-state index is -3.17. The largest absolute Gasteiger partial charge is 0.497 e. The summed E-state index contributed by atoms with van der Waals surface area (Å²) in [5.41, 5.74) is 2.78. The number of nitrogens with zero attached hydrogens (tertiary/aromatic N) is 4. The lowest BCUT2D eigenvalue weighted by Gasteiger charge is -2.33. The first-order valence-electron chi connectivity index (χ1n) is 16.5. The fraction of sp³-hybridized carbons (Fsp3) is 0.588. The molecule has 2 atom stereocenters. The number of carbonyl (C=O) groups is 2. The zero-order valence-corrected chi connectivity index (χ0v) is 28.2. The van der Waals surface area contributed by atoms with Gasteiger partial charge in [0, 0.05) is 64.3 Å². The Balaban J connectivity index is 1.20. The molecule has 10 nitrogen and oxygen atoms in total. The van der Waals surface area contributed by atoms with Gasteiger partial charge in [-0.25, -0.2) is 8.42 Å². The molecule has 12 heteroatoms. The van der Waals surface area contributed by atoms with Crippen LogP contribution in [0.3, 0.4) is 0 Å². The van der Waals surface area contributed by atoms with Crippen molar-refractivity contribution in [2.24, 2.45) is 11.8 Å². The van der Waals surface area contributed by atoms with Crippen molar-refractivity contribution in [3.63, 3.8) is 0 Å². The predicted molar refractivity (Wildman–Crippen MR) is 176 cm³/mol. The van der Waals surface area contributed by atoms with Crippen LogP contribution in [0.5, 0.6) is 11.5 Å². The van der Waals surface area contributed by atoms with E-state index in [2.05, 4.69) is 19.7 Å². The Labute approximate surface area is 274 Å². The Morgan fingerprint density at radius 3 is 2.61 bits per heavy atom. The second kappa shape index (κ2) is 12.7. The number of benzene rings is 1. The number of anilines is 1. The molecule has 7 rings (SSSR count). The lowest BCUT2D eigenvalue weighted by atomic mass is 9.88. The summed E-state index contributed by atoms with van der Waals surface area (Å²) in [4.78, 5) is 31.0. The number of ether oxygens (including phenoxy) is 2. The topological polar surface area (TPSA) is 121 Å². The van der Waals surface area contributed by atoms with E-state index in [-0.39, 0.29) is 41.1 Å². The molecular formula is C34H42N4O6S2. The van der Waals surface area contributed by atoms with Crippen molar-refractivity contribution in [1.82, 2.24) is 14.8 Å². The maximum absolute atomic E-state index is 13.8. The van der Waals surface area contributed by atoms with Crippen LogP contribution in [0.1, 0.15) is 88.6 Å². The fourth-order valence-electron chi connectivity index (χ4n) is 7.13. The number of aryl methyl sites for hydroxylation is 1. The third-order valence-electron chi connectivity index (χ3n) is 10.1. The van der Waals surface area contributed by atoms with Gasteiger partial charge in [-0.1, -0.05) is 12.8 Å². The van der Waals surface area contributed by atoms with E-state index in [0.717, 1.165) is 53.7 Å². The lowest BCUT2D eigenvalue weighted by molar-refractivity contribution is -0.119. The highest BCUT2D eigenvalue weighted by atomic mass is 32.2. The van der Waals surface area contributed by atoms with Crippen LogP contribution in [-0.2, 0) is 40.4 Å². The summed E-state index contributed by atoms with van der Waals surface area (Å²) in [6, 6.07) is 5.37. The molecule has 0 radical (unpaired) electrons. The van der Waals surface area contributed by atoms with E-state index in [9.17, 15) is 18.0 Å². The average molecular weight is 667 g/mol. The molecule has 2 saturated carbocycles. The highest BCUT2D eigenvalue weighted by Gasteiger charge is 2.38. The van der Waals surface area contributed by atoms with Crippen molar-refractivity contribution in [3.8, 4) is 11.5 Å². The van der Waals surface area contributed by atoms with Crippen LogP contribution in [-0.4, -0.2) is 66.5 Å². The van der Waals surface area contributed by atoms with Crippen LogP contribution in [0, 0.1) is 11.8 Å². The van der Waals surface area contributed by atoms with Crippen molar-refractivity contribution < 1.29 is 27.5 Å². The summed E-state index contributed by atoms with van der Waals surface area (Å²) in [5, 5.41) is 8.92. The Hall–Kier alpha value is -3.25. The molecule has 4 aliphatic rings. The molecule has 3 aliphatic carbocycles. The molecule has 0 N–H and O–H groups in total. The van der Waals surface area contributed by atoms with E-state index in [1.807, 2.05) is 18.2 Å². The highest BCUT2D eigenvalue weighted by molar-refractivity contribution is 7.91.